The summed E-state index contributed by atoms with van der Waals surface area (Å²) in [5.41, 5.74) is 3.21. The van der Waals surface area contributed by atoms with Gasteiger partial charge in [-0.15, -0.1) is 0 Å². The number of hydrogen-bond acceptors (Lipinski definition) is 3. The molecule has 6 heteroatoms. The summed E-state index contributed by atoms with van der Waals surface area (Å²) in [5.74, 6) is 0.857. The van der Waals surface area contributed by atoms with Crippen LogP contribution in [-0.2, 0) is 0 Å². The molecule has 0 bridgehead atoms. The topological polar surface area (TPSA) is 42.3 Å². The fourth-order valence-electron chi connectivity index (χ4n) is 4.02. The van der Waals surface area contributed by atoms with Crippen molar-refractivity contribution in [2.24, 2.45) is 0 Å². The van der Waals surface area contributed by atoms with Gasteiger partial charge in [-0.25, -0.2) is 0 Å². The first kappa shape index (κ1) is 20.4. The van der Waals surface area contributed by atoms with Crippen LogP contribution < -0.4 is 15.0 Å². The van der Waals surface area contributed by atoms with Crippen molar-refractivity contribution in [3.05, 3.63) is 78.4 Å². The number of rotatable bonds is 6. The number of ether oxygens (including phenoxy) is 1. The van der Waals surface area contributed by atoms with Crippen molar-refractivity contribution in [3.63, 3.8) is 0 Å². The van der Waals surface area contributed by atoms with Gasteiger partial charge in [-0.1, -0.05) is 6.07 Å². The van der Waals surface area contributed by atoms with Crippen LogP contribution in [-0.4, -0.2) is 20.8 Å². The van der Waals surface area contributed by atoms with E-state index in [1.807, 2.05) is 44.3 Å². The van der Waals surface area contributed by atoms with Gasteiger partial charge < -0.3 is 19.5 Å². The molecular weight excluding hydrogens is 392 g/mol. The SMILES string of the molecule is CC(C)Oc1ccc(N2C(=S)N[C@H](c3ccccn3)[C@@H]2c2cccn2C(C)C)cc1. The van der Waals surface area contributed by atoms with E-state index < -0.39 is 0 Å². The molecule has 1 aromatic carbocycles. The minimum atomic E-state index is -0.0438. The first-order chi connectivity index (χ1) is 14.5. The van der Waals surface area contributed by atoms with Crippen LogP contribution in [0.4, 0.5) is 5.69 Å². The Morgan fingerprint density at radius 2 is 1.77 bits per heavy atom. The summed E-state index contributed by atoms with van der Waals surface area (Å²) >= 11 is 5.81. The van der Waals surface area contributed by atoms with Gasteiger partial charge in [0.05, 0.1) is 17.8 Å². The monoisotopic (exact) mass is 420 g/mol. The number of benzene rings is 1. The molecule has 0 unspecified atom stereocenters. The molecule has 1 aliphatic rings. The van der Waals surface area contributed by atoms with E-state index in [0.29, 0.717) is 11.2 Å². The Labute approximate surface area is 183 Å². The number of anilines is 1. The lowest BCUT2D eigenvalue weighted by molar-refractivity contribution is 0.242. The number of nitrogens with zero attached hydrogens (tertiary/aromatic N) is 3. The average molecular weight is 421 g/mol. The van der Waals surface area contributed by atoms with Crippen LogP contribution in [0.3, 0.4) is 0 Å². The second kappa shape index (κ2) is 8.48. The van der Waals surface area contributed by atoms with Crippen LogP contribution >= 0.6 is 12.2 Å². The molecule has 1 N–H and O–H groups in total. The van der Waals surface area contributed by atoms with Crippen molar-refractivity contribution in [1.29, 1.82) is 0 Å². The molecule has 2 aromatic heterocycles. The van der Waals surface area contributed by atoms with Gasteiger partial charge in [-0.05, 0) is 88.4 Å². The summed E-state index contributed by atoms with van der Waals surface area (Å²) in [6.45, 7) is 8.45. The van der Waals surface area contributed by atoms with E-state index in [4.69, 9.17) is 17.0 Å². The fourth-order valence-corrected chi connectivity index (χ4v) is 4.36. The first-order valence-electron chi connectivity index (χ1n) is 10.4. The molecule has 1 saturated heterocycles. The van der Waals surface area contributed by atoms with Crippen LogP contribution in [0.5, 0.6) is 5.75 Å². The molecule has 30 heavy (non-hydrogen) atoms. The second-order valence-corrected chi connectivity index (χ2v) is 8.48. The van der Waals surface area contributed by atoms with Crippen LogP contribution in [0.15, 0.2) is 67.0 Å². The third kappa shape index (κ3) is 3.92. The first-order valence-corrected chi connectivity index (χ1v) is 10.8. The highest BCUT2D eigenvalue weighted by atomic mass is 32.1. The number of pyridine rings is 1. The summed E-state index contributed by atoms with van der Waals surface area (Å²) in [4.78, 5) is 6.82. The van der Waals surface area contributed by atoms with E-state index in [2.05, 4.69) is 70.1 Å². The van der Waals surface area contributed by atoms with Gasteiger partial charge in [-0.3, -0.25) is 4.98 Å². The Morgan fingerprint density at radius 1 is 1.00 bits per heavy atom. The van der Waals surface area contributed by atoms with Gasteiger partial charge in [0.25, 0.3) is 0 Å². The van der Waals surface area contributed by atoms with Crippen molar-refractivity contribution in [1.82, 2.24) is 14.9 Å². The summed E-state index contributed by atoms with van der Waals surface area (Å²) in [5, 5.41) is 4.22. The van der Waals surface area contributed by atoms with Gasteiger partial charge in [-0.2, -0.15) is 0 Å². The van der Waals surface area contributed by atoms with Gasteiger partial charge >= 0.3 is 0 Å². The van der Waals surface area contributed by atoms with E-state index in [0.717, 1.165) is 17.1 Å². The lowest BCUT2D eigenvalue weighted by atomic mass is 10.0. The summed E-state index contributed by atoms with van der Waals surface area (Å²) in [6.07, 6.45) is 4.11. The third-order valence-corrected chi connectivity index (χ3v) is 5.57. The predicted octanol–water partition coefficient (Wildman–Crippen LogP) is 5.43. The molecule has 1 aliphatic heterocycles. The molecule has 156 valence electrons. The zero-order valence-electron chi connectivity index (χ0n) is 17.8. The zero-order chi connectivity index (χ0) is 21.3. The molecule has 1 fully saturated rings. The Morgan fingerprint density at radius 3 is 2.40 bits per heavy atom. The fraction of sp³-hybridized carbons (Fsp3) is 0.333. The minimum Gasteiger partial charge on any atom is -0.491 e. The second-order valence-electron chi connectivity index (χ2n) is 8.09. The Hall–Kier alpha value is -2.86. The molecule has 0 radical (unpaired) electrons. The Balaban J connectivity index is 1.77. The number of nitrogens with one attached hydrogen (secondary N) is 1. The molecular formula is C24H28N4OS. The highest BCUT2D eigenvalue weighted by Crippen LogP contribution is 2.42. The van der Waals surface area contributed by atoms with E-state index in [-0.39, 0.29) is 18.2 Å². The molecule has 5 nitrogen and oxygen atoms in total. The van der Waals surface area contributed by atoms with Gasteiger partial charge in [0.15, 0.2) is 5.11 Å². The molecule has 0 amide bonds. The van der Waals surface area contributed by atoms with E-state index >= 15 is 0 Å². The maximum absolute atomic E-state index is 5.82. The van der Waals surface area contributed by atoms with E-state index in [9.17, 15) is 0 Å². The van der Waals surface area contributed by atoms with Crippen LogP contribution in [0, 0.1) is 0 Å². The standard InChI is InChI=1S/C24H28N4OS/c1-16(2)27-15-7-9-21(27)23-22(20-8-5-6-14-25-20)26-24(30)28(23)18-10-12-19(13-11-18)29-17(3)4/h5-17,22-23H,1-4H3,(H,26,30)/t22-,23+/m1/s1. The van der Waals surface area contributed by atoms with Crippen molar-refractivity contribution >= 4 is 23.0 Å². The smallest absolute Gasteiger partial charge is 0.174 e. The normalized spacial score (nSPS) is 18.9. The maximum Gasteiger partial charge on any atom is 0.174 e. The largest absolute Gasteiger partial charge is 0.491 e. The molecule has 4 rings (SSSR count). The zero-order valence-corrected chi connectivity index (χ0v) is 18.6. The summed E-state index contributed by atoms with van der Waals surface area (Å²) < 4.78 is 8.12. The van der Waals surface area contributed by atoms with Crippen molar-refractivity contribution < 1.29 is 4.74 Å². The lowest BCUT2D eigenvalue weighted by Gasteiger charge is -2.30. The summed E-state index contributed by atoms with van der Waals surface area (Å²) in [7, 11) is 0. The summed E-state index contributed by atoms with van der Waals surface area (Å²) in [6, 6.07) is 18.7. The predicted molar refractivity (Wildman–Crippen MR) is 125 cm³/mol. The van der Waals surface area contributed by atoms with E-state index in [1.165, 1.54) is 5.69 Å². The quantitative estimate of drug-likeness (QED) is 0.539. The molecule has 0 spiro atoms. The van der Waals surface area contributed by atoms with Gasteiger partial charge in [0.2, 0.25) is 0 Å². The number of aromatic nitrogens is 2. The molecule has 0 saturated carbocycles. The highest BCUT2D eigenvalue weighted by molar-refractivity contribution is 7.80. The average Bonchev–Trinajstić information content (AvgIpc) is 3.33. The van der Waals surface area contributed by atoms with Gasteiger partial charge in [0, 0.05) is 29.8 Å². The van der Waals surface area contributed by atoms with Crippen molar-refractivity contribution in [2.75, 3.05) is 4.90 Å². The van der Waals surface area contributed by atoms with Crippen molar-refractivity contribution in [2.45, 2.75) is 51.9 Å². The number of hydrogen-bond donors (Lipinski definition) is 1. The van der Waals surface area contributed by atoms with E-state index in [1.54, 1.807) is 0 Å². The number of thiocarbonyl (C=S) groups is 1. The van der Waals surface area contributed by atoms with Gasteiger partial charge in [0.1, 0.15) is 11.8 Å². The minimum absolute atomic E-state index is 0.0123. The molecule has 3 heterocycles. The molecule has 2 atom stereocenters. The molecule has 0 aliphatic carbocycles. The lowest BCUT2D eigenvalue weighted by Crippen LogP contribution is -2.30. The third-order valence-electron chi connectivity index (χ3n) is 5.26. The Kier molecular flexibility index (Phi) is 5.77. The molecule has 3 aromatic rings. The van der Waals surface area contributed by atoms with Crippen LogP contribution in [0.1, 0.15) is 57.2 Å². The van der Waals surface area contributed by atoms with Crippen molar-refractivity contribution in [3.8, 4) is 5.75 Å². The van der Waals surface area contributed by atoms with Crippen LogP contribution in [0.2, 0.25) is 0 Å². The Bertz CT molecular complexity index is 998. The van der Waals surface area contributed by atoms with Crippen LogP contribution in [0.25, 0.3) is 0 Å². The maximum atomic E-state index is 5.82. The highest BCUT2D eigenvalue weighted by Gasteiger charge is 2.42.